The van der Waals surface area contributed by atoms with Gasteiger partial charge in [0.2, 0.25) is 0 Å². The average Bonchev–Trinajstić information content (AvgIpc) is 3.61. The summed E-state index contributed by atoms with van der Waals surface area (Å²) < 4.78 is 7.24. The molecule has 2 N–H and O–H groups in total. The number of imidazole rings is 1. The molecule has 6 aromatic rings. The van der Waals surface area contributed by atoms with Crippen molar-refractivity contribution in [1.29, 1.82) is 5.26 Å². The highest BCUT2D eigenvalue weighted by Gasteiger charge is 2.20. The molecule has 5 aromatic heterocycles. The van der Waals surface area contributed by atoms with Crippen molar-refractivity contribution < 1.29 is 0 Å². The number of nitrogens with zero attached hydrogens (tertiary/aromatic N) is 3. The van der Waals surface area contributed by atoms with Crippen LogP contribution >= 0.6 is 45.3 Å². The van der Waals surface area contributed by atoms with E-state index in [4.69, 9.17) is 10.7 Å². The topological polar surface area (TPSA) is 67.6 Å². The molecule has 4 nitrogen and oxygen atoms in total. The molecule has 0 saturated heterocycles. The first-order valence-electron chi connectivity index (χ1n) is 11.1. The van der Waals surface area contributed by atoms with Crippen LogP contribution in [0.1, 0.15) is 27.1 Å². The first kappa shape index (κ1) is 22.5. The number of benzene rings is 1. The maximum atomic E-state index is 9.25. The summed E-state index contributed by atoms with van der Waals surface area (Å²) in [6, 6.07) is 11.1. The minimum absolute atomic E-state index is 0.529. The maximum Gasteiger partial charge on any atom is 0.151 e. The summed E-state index contributed by atoms with van der Waals surface area (Å²) in [5.41, 5.74) is 13.8. The summed E-state index contributed by atoms with van der Waals surface area (Å²) in [4.78, 5) is 9.79. The summed E-state index contributed by atoms with van der Waals surface area (Å²) in [6.07, 6.45) is 1.39. The summed E-state index contributed by atoms with van der Waals surface area (Å²) >= 11 is 7.04. The zero-order chi connectivity index (χ0) is 24.6. The standard InChI is InChI=1S/C27H22N4S4/c1-12-13(2)15(4)26-25(14(12)3)30-27(31(26)5)24-9-23-22(35-24)8-21(34-23)20-7-19-18(33-20)6-17(32-19)16(10-28)11-29/h6-10H,28H2,1-5H3. The Balaban J connectivity index is 1.40. The van der Waals surface area contributed by atoms with Crippen molar-refractivity contribution in [2.45, 2.75) is 27.7 Å². The van der Waals surface area contributed by atoms with Gasteiger partial charge >= 0.3 is 0 Å². The highest BCUT2D eigenvalue weighted by atomic mass is 32.1. The Morgan fingerprint density at radius 1 is 0.829 bits per heavy atom. The zero-order valence-corrected chi connectivity index (χ0v) is 23.2. The molecule has 0 atom stereocenters. The van der Waals surface area contributed by atoms with Gasteiger partial charge in [-0.3, -0.25) is 0 Å². The lowest BCUT2D eigenvalue weighted by Gasteiger charge is -2.11. The molecule has 0 unspecified atom stereocenters. The second-order valence-corrected chi connectivity index (χ2v) is 13.1. The van der Waals surface area contributed by atoms with E-state index in [1.165, 1.54) is 67.4 Å². The highest BCUT2D eigenvalue weighted by molar-refractivity contribution is 7.34. The maximum absolute atomic E-state index is 9.25. The van der Waals surface area contributed by atoms with Gasteiger partial charge in [-0.05, 0) is 74.2 Å². The fourth-order valence-electron chi connectivity index (χ4n) is 4.66. The fraction of sp³-hybridized carbons (Fsp3) is 0.185. The van der Waals surface area contributed by atoms with Gasteiger partial charge in [0.15, 0.2) is 5.82 Å². The van der Waals surface area contributed by atoms with Gasteiger partial charge in [0.05, 0.1) is 21.5 Å². The minimum Gasteiger partial charge on any atom is -0.403 e. The predicted octanol–water partition coefficient (Wildman–Crippen LogP) is 8.52. The van der Waals surface area contributed by atoms with E-state index >= 15 is 0 Å². The first-order chi connectivity index (χ1) is 16.8. The largest absolute Gasteiger partial charge is 0.403 e. The third-order valence-electron chi connectivity index (χ3n) is 6.92. The molecule has 8 heteroatoms. The van der Waals surface area contributed by atoms with Crippen LogP contribution in [0.5, 0.6) is 0 Å². The third kappa shape index (κ3) is 3.30. The Labute approximate surface area is 219 Å². The molecule has 0 radical (unpaired) electrons. The highest BCUT2D eigenvalue weighted by Crippen LogP contribution is 2.46. The molecule has 0 aliphatic carbocycles. The summed E-state index contributed by atoms with van der Waals surface area (Å²) in [6.45, 7) is 8.79. The Bertz CT molecular complexity index is 1810. The van der Waals surface area contributed by atoms with Gasteiger partial charge in [0, 0.05) is 46.7 Å². The summed E-state index contributed by atoms with van der Waals surface area (Å²) in [5.74, 6) is 1.04. The van der Waals surface area contributed by atoms with Crippen LogP contribution in [0.15, 0.2) is 30.5 Å². The van der Waals surface area contributed by atoms with Crippen molar-refractivity contribution in [3.05, 3.63) is 57.6 Å². The van der Waals surface area contributed by atoms with E-state index in [9.17, 15) is 5.26 Å². The Morgan fingerprint density at radius 3 is 1.97 bits per heavy atom. The van der Waals surface area contributed by atoms with Gasteiger partial charge in [0.1, 0.15) is 6.07 Å². The number of allylic oxidation sites excluding steroid dienone is 1. The minimum atomic E-state index is 0.529. The fourth-order valence-corrected chi connectivity index (χ4v) is 9.52. The van der Waals surface area contributed by atoms with Crippen LogP contribution in [0.4, 0.5) is 0 Å². The lowest BCUT2D eigenvalue weighted by atomic mass is 9.97. The van der Waals surface area contributed by atoms with Crippen molar-refractivity contribution in [2.24, 2.45) is 12.8 Å². The zero-order valence-electron chi connectivity index (χ0n) is 19.9. The van der Waals surface area contributed by atoms with Gasteiger partial charge in [-0.15, -0.1) is 45.3 Å². The monoisotopic (exact) mass is 530 g/mol. The molecule has 0 aliphatic rings. The Kier molecular flexibility index (Phi) is 5.17. The van der Waals surface area contributed by atoms with Crippen molar-refractivity contribution in [3.63, 3.8) is 0 Å². The van der Waals surface area contributed by atoms with E-state index in [1.54, 1.807) is 22.7 Å². The second kappa shape index (κ2) is 8.04. The van der Waals surface area contributed by atoms with Gasteiger partial charge in [-0.25, -0.2) is 4.98 Å². The number of rotatable bonds is 3. The van der Waals surface area contributed by atoms with E-state index in [0.29, 0.717) is 5.57 Å². The molecule has 0 fully saturated rings. The Morgan fingerprint density at radius 2 is 1.37 bits per heavy atom. The molecule has 0 saturated carbocycles. The van der Waals surface area contributed by atoms with E-state index in [1.807, 2.05) is 22.7 Å². The second-order valence-electron chi connectivity index (χ2n) is 8.78. The van der Waals surface area contributed by atoms with Crippen LogP contribution in [0.25, 0.3) is 55.9 Å². The molecule has 0 bridgehead atoms. The molecule has 5 heterocycles. The normalized spacial score (nSPS) is 12.4. The summed E-state index contributed by atoms with van der Waals surface area (Å²) in [5, 5.41) is 9.25. The predicted molar refractivity (Wildman–Crippen MR) is 155 cm³/mol. The first-order valence-corrected chi connectivity index (χ1v) is 14.4. The number of hydrogen-bond acceptors (Lipinski definition) is 7. The molecule has 0 amide bonds. The molecule has 174 valence electrons. The van der Waals surface area contributed by atoms with Crippen molar-refractivity contribution >= 4 is 80.8 Å². The molecule has 35 heavy (non-hydrogen) atoms. The van der Waals surface area contributed by atoms with E-state index in [2.05, 4.69) is 69.6 Å². The van der Waals surface area contributed by atoms with Crippen molar-refractivity contribution in [3.8, 4) is 26.5 Å². The number of fused-ring (bicyclic) bond motifs is 3. The molecule has 0 spiro atoms. The van der Waals surface area contributed by atoms with Crippen LogP contribution in [-0.4, -0.2) is 9.55 Å². The van der Waals surface area contributed by atoms with Crippen molar-refractivity contribution in [1.82, 2.24) is 9.55 Å². The van der Waals surface area contributed by atoms with Gasteiger partial charge in [0.25, 0.3) is 0 Å². The van der Waals surface area contributed by atoms with Crippen LogP contribution < -0.4 is 5.73 Å². The number of thiophene rings is 4. The van der Waals surface area contributed by atoms with E-state index in [0.717, 1.165) is 16.2 Å². The molecule has 0 aliphatic heterocycles. The molecular formula is C27H22N4S4. The number of aryl methyl sites for hydroxylation is 3. The van der Waals surface area contributed by atoms with Crippen LogP contribution in [-0.2, 0) is 7.05 Å². The number of aromatic nitrogens is 2. The summed E-state index contributed by atoms with van der Waals surface area (Å²) in [7, 11) is 2.13. The smallest absolute Gasteiger partial charge is 0.151 e. The average molecular weight is 531 g/mol. The van der Waals surface area contributed by atoms with Gasteiger partial charge in [-0.2, -0.15) is 5.26 Å². The van der Waals surface area contributed by atoms with Crippen molar-refractivity contribution in [2.75, 3.05) is 0 Å². The SMILES string of the molecule is Cc1c(C)c(C)c2c(nc(-c3cc4sc(-c5cc6sc(C(C#N)=CN)cc6s5)cc4s3)n2C)c1C. The Hall–Kier alpha value is -2.96. The lowest BCUT2D eigenvalue weighted by molar-refractivity contribution is 0.957. The molecule has 1 aromatic carbocycles. The van der Waals surface area contributed by atoms with E-state index in [-0.39, 0.29) is 0 Å². The van der Waals surface area contributed by atoms with Gasteiger partial charge < -0.3 is 10.3 Å². The number of hydrogen-bond donors (Lipinski definition) is 1. The van der Waals surface area contributed by atoms with Crippen LogP contribution in [0.3, 0.4) is 0 Å². The van der Waals surface area contributed by atoms with E-state index < -0.39 is 0 Å². The molecular weight excluding hydrogens is 509 g/mol. The van der Waals surface area contributed by atoms with Gasteiger partial charge in [-0.1, -0.05) is 0 Å². The number of nitriles is 1. The lowest BCUT2D eigenvalue weighted by Crippen LogP contribution is -1.97. The number of nitrogens with two attached hydrogens (primary N) is 1. The quantitative estimate of drug-likeness (QED) is 0.233. The van der Waals surface area contributed by atoms with Crippen LogP contribution in [0.2, 0.25) is 0 Å². The third-order valence-corrected chi connectivity index (χ3v) is 11.7. The molecule has 6 rings (SSSR count). The van der Waals surface area contributed by atoms with Crippen LogP contribution in [0, 0.1) is 39.0 Å².